The van der Waals surface area contributed by atoms with Gasteiger partial charge in [0.2, 0.25) is 0 Å². The van der Waals surface area contributed by atoms with Crippen LogP contribution < -0.4 is 0 Å². The Hall–Kier alpha value is -0.756. The Morgan fingerprint density at radius 2 is 0.917 bits per heavy atom. The first kappa shape index (κ1) is 33.3. The van der Waals surface area contributed by atoms with Gasteiger partial charge < -0.3 is 30.8 Å². The van der Waals surface area contributed by atoms with E-state index in [0.717, 1.165) is 11.1 Å². The molecule has 204 valence electrons. The van der Waals surface area contributed by atoms with Gasteiger partial charge in [0.05, 0.1) is 13.2 Å². The summed E-state index contributed by atoms with van der Waals surface area (Å²) in [5.74, 6) is 0. The van der Waals surface area contributed by atoms with E-state index in [-0.39, 0.29) is 6.61 Å². The van der Waals surface area contributed by atoms with E-state index in [1.165, 1.54) is 0 Å². The maximum absolute atomic E-state index is 9.40. The van der Waals surface area contributed by atoms with Gasteiger partial charge in [-0.15, -0.1) is 0 Å². The lowest BCUT2D eigenvalue weighted by molar-refractivity contribution is 0.230. The Kier molecular flexibility index (Phi) is 12.8. The number of rotatable bonds is 4. The first-order chi connectivity index (χ1) is 16.3. The quantitative estimate of drug-likeness (QED) is 0.428. The van der Waals surface area contributed by atoms with Gasteiger partial charge in [-0.2, -0.15) is 0 Å². The van der Waals surface area contributed by atoms with Crippen LogP contribution in [0.5, 0.6) is 0 Å². The van der Waals surface area contributed by atoms with E-state index in [0.29, 0.717) is 6.61 Å². The molecule has 1 fully saturated rings. The molecular formula is C24H46O7Si5. The minimum absolute atomic E-state index is 0.140. The molecule has 0 spiro atoms. The van der Waals surface area contributed by atoms with Crippen LogP contribution in [0.4, 0.5) is 0 Å². The second-order valence-corrected chi connectivity index (χ2v) is 28.5. The Bertz CT molecular complexity index is 817. The van der Waals surface area contributed by atoms with Gasteiger partial charge in [-0.05, 0) is 76.6 Å². The third-order valence-electron chi connectivity index (χ3n) is 4.43. The van der Waals surface area contributed by atoms with Crippen LogP contribution in [-0.4, -0.2) is 52.7 Å². The van der Waals surface area contributed by atoms with E-state index in [1.807, 2.05) is 60.7 Å². The molecule has 2 N–H and O–H groups in total. The predicted octanol–water partition coefficient (Wildman–Crippen LogP) is 5.95. The van der Waals surface area contributed by atoms with E-state index in [2.05, 4.69) is 52.4 Å². The molecule has 1 aliphatic rings. The minimum atomic E-state index is -2.34. The normalized spacial score (nSPS) is 19.9. The lowest BCUT2D eigenvalue weighted by atomic mass is 10.2. The number of hydrogen-bond donors (Lipinski definition) is 2. The van der Waals surface area contributed by atoms with Crippen LogP contribution in [-0.2, 0) is 34.1 Å². The largest absolute Gasteiger partial charge is 0.416 e. The molecule has 0 aromatic heterocycles. The maximum atomic E-state index is 9.40. The van der Waals surface area contributed by atoms with Crippen LogP contribution in [0.15, 0.2) is 60.7 Å². The van der Waals surface area contributed by atoms with Crippen molar-refractivity contribution in [2.75, 3.05) is 0 Å². The molecule has 1 aliphatic heterocycles. The Morgan fingerprint density at radius 3 is 1.17 bits per heavy atom. The van der Waals surface area contributed by atoms with E-state index in [9.17, 15) is 4.80 Å². The molecule has 12 heteroatoms. The molecule has 7 nitrogen and oxygen atoms in total. The molecule has 0 radical (unpaired) electrons. The second-order valence-electron chi connectivity index (χ2n) is 10.9. The zero-order valence-electron chi connectivity index (χ0n) is 23.6. The number of benzene rings is 2. The highest BCUT2D eigenvalue weighted by Crippen LogP contribution is 2.30. The summed E-state index contributed by atoms with van der Waals surface area (Å²) in [6.07, 6.45) is 0. The molecule has 2 aromatic rings. The zero-order valence-corrected chi connectivity index (χ0v) is 28.6. The highest BCUT2D eigenvalue weighted by molar-refractivity contribution is 6.92. The molecular weight excluding hydrogens is 541 g/mol. The van der Waals surface area contributed by atoms with Crippen LogP contribution in [0.1, 0.15) is 11.1 Å². The molecule has 36 heavy (non-hydrogen) atoms. The highest BCUT2D eigenvalue weighted by Gasteiger charge is 2.50. The molecule has 3 rings (SSSR count). The summed E-state index contributed by atoms with van der Waals surface area (Å²) in [4.78, 5) is 9.40. The predicted molar refractivity (Wildman–Crippen MR) is 158 cm³/mol. The van der Waals surface area contributed by atoms with Crippen LogP contribution in [0.3, 0.4) is 0 Å². The summed E-state index contributed by atoms with van der Waals surface area (Å²) in [6.45, 7) is 20.8. The van der Waals surface area contributed by atoms with Gasteiger partial charge in [-0.3, -0.25) is 0 Å². The lowest BCUT2D eigenvalue weighted by Crippen LogP contribution is -2.64. The topological polar surface area (TPSA) is 86.6 Å². The molecule has 0 aliphatic carbocycles. The summed E-state index contributed by atoms with van der Waals surface area (Å²) < 4.78 is 30.0. The van der Waals surface area contributed by atoms with Crippen molar-refractivity contribution >= 4 is 42.8 Å². The first-order valence-corrected chi connectivity index (χ1v) is 26.3. The average Bonchev–Trinajstić information content (AvgIpc) is 2.70. The van der Waals surface area contributed by atoms with Crippen molar-refractivity contribution in [3.63, 3.8) is 0 Å². The molecule has 0 bridgehead atoms. The fraction of sp³-hybridized carbons (Fsp3) is 0.500. The maximum Gasteiger partial charge on any atom is 0.329 e. The van der Waals surface area contributed by atoms with Gasteiger partial charge in [0, 0.05) is 0 Å². The monoisotopic (exact) mass is 586 g/mol. The minimum Gasteiger partial charge on any atom is -0.416 e. The molecule has 0 unspecified atom stereocenters. The van der Waals surface area contributed by atoms with Crippen molar-refractivity contribution in [2.45, 2.75) is 78.7 Å². The Balaban J connectivity index is 0.000000285. The zero-order chi connectivity index (χ0) is 27.7. The van der Waals surface area contributed by atoms with Gasteiger partial charge in [-0.1, -0.05) is 60.7 Å². The average molecular weight is 587 g/mol. The fourth-order valence-electron chi connectivity index (χ4n) is 3.87. The third-order valence-corrected chi connectivity index (χ3v) is 21.0. The number of aliphatic hydroxyl groups is 1. The van der Waals surface area contributed by atoms with Gasteiger partial charge in [0.15, 0.2) is 0 Å². The van der Waals surface area contributed by atoms with E-state index in [4.69, 9.17) is 26.0 Å². The number of hydrogen-bond acceptors (Lipinski definition) is 7. The molecule has 0 amide bonds. The third kappa shape index (κ3) is 15.5. The van der Waals surface area contributed by atoms with Crippen molar-refractivity contribution in [2.24, 2.45) is 0 Å². The summed E-state index contributed by atoms with van der Waals surface area (Å²) in [6, 6.07) is 19.4. The molecule has 1 heterocycles. The second kappa shape index (κ2) is 13.9. The molecule has 1 saturated heterocycles. The smallest absolute Gasteiger partial charge is 0.329 e. The summed E-state index contributed by atoms with van der Waals surface area (Å²) in [5.41, 5.74) is 2.07. The van der Waals surface area contributed by atoms with Gasteiger partial charge >= 0.3 is 42.8 Å². The van der Waals surface area contributed by atoms with Crippen molar-refractivity contribution in [1.82, 2.24) is 0 Å². The Labute approximate surface area is 223 Å². The Morgan fingerprint density at radius 1 is 0.611 bits per heavy atom. The SMILES string of the molecule is C[Si](C)(O)OCc1ccccc1.C[Si]1(C)O[Si](C)(C)O[Si](C)(C)O[Si](C)(C)O1.OCc1ccccc1. The highest BCUT2D eigenvalue weighted by atomic mass is 28.5. The van der Waals surface area contributed by atoms with Crippen molar-refractivity contribution in [3.05, 3.63) is 71.8 Å². The van der Waals surface area contributed by atoms with Crippen molar-refractivity contribution in [1.29, 1.82) is 0 Å². The van der Waals surface area contributed by atoms with Gasteiger partial charge in [0.25, 0.3) is 0 Å². The molecule has 0 saturated carbocycles. The van der Waals surface area contributed by atoms with Crippen LogP contribution in [0, 0.1) is 0 Å². The summed E-state index contributed by atoms with van der Waals surface area (Å²) in [7, 11) is -10.8. The molecule has 2 aromatic carbocycles. The fourth-order valence-corrected chi connectivity index (χ4v) is 25.5. The molecule has 0 atom stereocenters. The summed E-state index contributed by atoms with van der Waals surface area (Å²) in [5, 5.41) is 8.54. The van der Waals surface area contributed by atoms with E-state index < -0.39 is 42.8 Å². The standard InChI is InChI=1S/C9H14O2Si.C8H24O4Si4.C7H8O/c1-12(2,10)11-8-9-6-4-3-5-7-9;1-13(2)9-14(3,4)11-16(7,8)12-15(5,6)10-13;8-6-7-4-2-1-3-5-7/h3-7,10H,8H2,1-2H3;1-8H3;1-5,8H,6H2. The number of aliphatic hydroxyl groups excluding tert-OH is 1. The van der Waals surface area contributed by atoms with Gasteiger partial charge in [-0.25, -0.2) is 0 Å². The summed E-state index contributed by atoms with van der Waals surface area (Å²) >= 11 is 0. The van der Waals surface area contributed by atoms with Crippen LogP contribution in [0.2, 0.25) is 65.5 Å². The van der Waals surface area contributed by atoms with Crippen molar-refractivity contribution < 1.29 is 30.8 Å². The van der Waals surface area contributed by atoms with E-state index >= 15 is 0 Å². The van der Waals surface area contributed by atoms with Crippen LogP contribution in [0.25, 0.3) is 0 Å². The van der Waals surface area contributed by atoms with Crippen molar-refractivity contribution in [3.8, 4) is 0 Å². The van der Waals surface area contributed by atoms with E-state index in [1.54, 1.807) is 13.1 Å². The van der Waals surface area contributed by atoms with Gasteiger partial charge in [0.1, 0.15) is 0 Å². The lowest BCUT2D eigenvalue weighted by Gasteiger charge is -2.46. The first-order valence-electron chi connectivity index (χ1n) is 12.2. The van der Waals surface area contributed by atoms with Crippen LogP contribution >= 0.6 is 0 Å².